The van der Waals surface area contributed by atoms with Gasteiger partial charge in [0, 0.05) is 13.6 Å². The van der Waals surface area contributed by atoms with Crippen LogP contribution < -0.4 is 0 Å². The number of amides is 1. The van der Waals surface area contributed by atoms with Gasteiger partial charge < -0.3 is 4.90 Å². The van der Waals surface area contributed by atoms with E-state index in [1.807, 2.05) is 38.2 Å². The van der Waals surface area contributed by atoms with Gasteiger partial charge in [-0.05, 0) is 46.5 Å². The summed E-state index contributed by atoms with van der Waals surface area (Å²) in [7, 11) is 1.82. The van der Waals surface area contributed by atoms with E-state index in [1.165, 1.54) is 17.3 Å². The summed E-state index contributed by atoms with van der Waals surface area (Å²) in [5.74, 6) is 0.328. The Morgan fingerprint density at radius 2 is 1.81 bits per heavy atom. The minimum absolute atomic E-state index is 0.0406. The Morgan fingerprint density at radius 1 is 1.11 bits per heavy atom. The van der Waals surface area contributed by atoms with E-state index in [1.54, 1.807) is 9.58 Å². The molecule has 6 nitrogen and oxygen atoms in total. The number of carbonyl (C=O) groups excluding carboxylic acids is 1. The van der Waals surface area contributed by atoms with Crippen LogP contribution in [0.2, 0.25) is 0 Å². The van der Waals surface area contributed by atoms with Crippen LogP contribution in [0.25, 0.3) is 5.69 Å². The standard InChI is InChI=1S/C20H23N5OS/c1-4-16-9-11-17(12-10-16)13-24(3)19(26)14-27-20-21-22-23-25(20)18-8-6-5-7-15(18)2/h5-12H,4,13-14H2,1-3H3. The molecule has 140 valence electrons. The van der Waals surface area contributed by atoms with E-state index in [0.29, 0.717) is 11.7 Å². The number of hydrogen-bond donors (Lipinski definition) is 0. The van der Waals surface area contributed by atoms with Gasteiger partial charge >= 0.3 is 0 Å². The van der Waals surface area contributed by atoms with Crippen LogP contribution in [0.5, 0.6) is 0 Å². The van der Waals surface area contributed by atoms with Crippen molar-refractivity contribution in [3.05, 3.63) is 65.2 Å². The van der Waals surface area contributed by atoms with E-state index in [-0.39, 0.29) is 11.7 Å². The van der Waals surface area contributed by atoms with Gasteiger partial charge in [-0.3, -0.25) is 4.79 Å². The molecule has 0 bridgehead atoms. The SMILES string of the molecule is CCc1ccc(CN(C)C(=O)CSc2nnnn2-c2ccccc2C)cc1. The van der Waals surface area contributed by atoms with Crippen LogP contribution in [-0.2, 0) is 17.8 Å². The number of aromatic nitrogens is 4. The van der Waals surface area contributed by atoms with Crippen LogP contribution in [0, 0.1) is 6.92 Å². The Morgan fingerprint density at radius 3 is 2.52 bits per heavy atom. The Kier molecular flexibility index (Phi) is 6.24. The zero-order valence-corrected chi connectivity index (χ0v) is 16.6. The fourth-order valence-corrected chi connectivity index (χ4v) is 3.52. The van der Waals surface area contributed by atoms with Crippen LogP contribution >= 0.6 is 11.8 Å². The van der Waals surface area contributed by atoms with Gasteiger partial charge in [-0.15, -0.1) is 5.10 Å². The van der Waals surface area contributed by atoms with Crippen LogP contribution in [-0.4, -0.2) is 43.8 Å². The minimum Gasteiger partial charge on any atom is -0.341 e. The average molecular weight is 382 g/mol. The number of nitrogens with zero attached hydrogens (tertiary/aromatic N) is 5. The molecule has 0 saturated heterocycles. The zero-order valence-electron chi connectivity index (χ0n) is 15.8. The van der Waals surface area contributed by atoms with Gasteiger partial charge in [-0.1, -0.05) is 61.2 Å². The van der Waals surface area contributed by atoms with Crippen LogP contribution in [0.15, 0.2) is 53.7 Å². The number of carbonyl (C=O) groups is 1. The van der Waals surface area contributed by atoms with E-state index >= 15 is 0 Å². The van der Waals surface area contributed by atoms with Crippen molar-refractivity contribution in [3.63, 3.8) is 0 Å². The lowest BCUT2D eigenvalue weighted by Crippen LogP contribution is -2.27. The number of para-hydroxylation sites is 1. The highest BCUT2D eigenvalue weighted by molar-refractivity contribution is 7.99. The highest BCUT2D eigenvalue weighted by Crippen LogP contribution is 2.21. The summed E-state index contributed by atoms with van der Waals surface area (Å²) >= 11 is 1.35. The van der Waals surface area contributed by atoms with Crippen molar-refractivity contribution in [2.75, 3.05) is 12.8 Å². The molecular formula is C20H23N5OS. The molecule has 0 aliphatic heterocycles. The molecule has 0 atom stereocenters. The Balaban J connectivity index is 1.61. The molecule has 27 heavy (non-hydrogen) atoms. The lowest BCUT2D eigenvalue weighted by atomic mass is 10.1. The van der Waals surface area contributed by atoms with Crippen molar-refractivity contribution < 1.29 is 4.79 Å². The number of rotatable bonds is 7. The van der Waals surface area contributed by atoms with Gasteiger partial charge in [0.25, 0.3) is 0 Å². The fraction of sp³-hybridized carbons (Fsp3) is 0.300. The third-order valence-electron chi connectivity index (χ3n) is 4.39. The Labute approximate surface area is 163 Å². The molecule has 2 aromatic carbocycles. The predicted molar refractivity (Wildman–Crippen MR) is 107 cm³/mol. The monoisotopic (exact) mass is 381 g/mol. The van der Waals surface area contributed by atoms with Gasteiger partial charge in [-0.2, -0.15) is 4.68 Å². The van der Waals surface area contributed by atoms with Gasteiger partial charge in [0.1, 0.15) is 0 Å². The molecule has 1 aromatic heterocycles. The Bertz CT molecular complexity index is 907. The van der Waals surface area contributed by atoms with Crippen molar-refractivity contribution in [1.29, 1.82) is 0 Å². The molecule has 0 unspecified atom stereocenters. The molecule has 7 heteroatoms. The number of benzene rings is 2. The first-order valence-corrected chi connectivity index (χ1v) is 9.86. The number of hydrogen-bond acceptors (Lipinski definition) is 5. The molecular weight excluding hydrogens is 358 g/mol. The predicted octanol–water partition coefficient (Wildman–Crippen LogP) is 3.28. The van der Waals surface area contributed by atoms with Gasteiger partial charge in [0.15, 0.2) is 0 Å². The van der Waals surface area contributed by atoms with E-state index in [9.17, 15) is 4.79 Å². The summed E-state index contributed by atoms with van der Waals surface area (Å²) in [5.41, 5.74) is 4.41. The summed E-state index contributed by atoms with van der Waals surface area (Å²) in [5, 5.41) is 12.5. The molecule has 0 aliphatic rings. The fourth-order valence-electron chi connectivity index (χ4n) is 2.70. The lowest BCUT2D eigenvalue weighted by molar-refractivity contribution is -0.127. The second-order valence-corrected chi connectivity index (χ2v) is 7.31. The third-order valence-corrected chi connectivity index (χ3v) is 5.29. The largest absolute Gasteiger partial charge is 0.341 e. The second-order valence-electron chi connectivity index (χ2n) is 6.37. The second kappa shape index (κ2) is 8.81. The van der Waals surface area contributed by atoms with Crippen LogP contribution in [0.4, 0.5) is 0 Å². The maximum absolute atomic E-state index is 12.5. The van der Waals surface area contributed by atoms with E-state index in [0.717, 1.165) is 23.2 Å². The lowest BCUT2D eigenvalue weighted by Gasteiger charge is -2.17. The van der Waals surface area contributed by atoms with Crippen molar-refractivity contribution >= 4 is 17.7 Å². The quantitative estimate of drug-likeness (QED) is 0.588. The number of thioether (sulfide) groups is 1. The van der Waals surface area contributed by atoms with E-state index in [2.05, 4.69) is 46.7 Å². The topological polar surface area (TPSA) is 63.9 Å². The summed E-state index contributed by atoms with van der Waals surface area (Å²) in [6.07, 6.45) is 1.02. The van der Waals surface area contributed by atoms with Crippen LogP contribution in [0.1, 0.15) is 23.6 Å². The molecule has 0 aliphatic carbocycles. The van der Waals surface area contributed by atoms with Crippen molar-refractivity contribution in [2.45, 2.75) is 32.0 Å². The first-order chi connectivity index (χ1) is 13.1. The van der Waals surface area contributed by atoms with Crippen molar-refractivity contribution in [2.24, 2.45) is 0 Å². The number of tetrazole rings is 1. The molecule has 0 fully saturated rings. The number of aryl methyl sites for hydroxylation is 2. The van der Waals surface area contributed by atoms with E-state index in [4.69, 9.17) is 0 Å². The van der Waals surface area contributed by atoms with Gasteiger partial charge in [0.2, 0.25) is 11.1 Å². The average Bonchev–Trinajstić information content (AvgIpc) is 3.15. The molecule has 0 radical (unpaired) electrons. The van der Waals surface area contributed by atoms with Gasteiger partial charge in [-0.25, -0.2) is 0 Å². The van der Waals surface area contributed by atoms with Crippen molar-refractivity contribution in [1.82, 2.24) is 25.1 Å². The first-order valence-electron chi connectivity index (χ1n) is 8.87. The maximum atomic E-state index is 12.5. The molecule has 1 heterocycles. The normalized spacial score (nSPS) is 10.8. The maximum Gasteiger partial charge on any atom is 0.233 e. The smallest absolute Gasteiger partial charge is 0.233 e. The highest BCUT2D eigenvalue weighted by Gasteiger charge is 2.15. The molecule has 3 rings (SSSR count). The van der Waals surface area contributed by atoms with Crippen LogP contribution in [0.3, 0.4) is 0 Å². The van der Waals surface area contributed by atoms with E-state index < -0.39 is 0 Å². The molecule has 0 saturated carbocycles. The zero-order chi connectivity index (χ0) is 19.2. The third kappa shape index (κ3) is 4.74. The Hall–Kier alpha value is -2.67. The summed E-state index contributed by atoms with van der Waals surface area (Å²) in [6.45, 7) is 4.73. The molecule has 0 spiro atoms. The molecule has 3 aromatic rings. The summed E-state index contributed by atoms with van der Waals surface area (Å²) < 4.78 is 1.68. The first kappa shape index (κ1) is 19.1. The summed E-state index contributed by atoms with van der Waals surface area (Å²) in [4.78, 5) is 14.2. The molecule has 1 amide bonds. The summed E-state index contributed by atoms with van der Waals surface area (Å²) in [6, 6.07) is 16.3. The van der Waals surface area contributed by atoms with Gasteiger partial charge in [0.05, 0.1) is 11.4 Å². The van der Waals surface area contributed by atoms with Crippen molar-refractivity contribution in [3.8, 4) is 5.69 Å². The molecule has 0 N–H and O–H groups in total. The highest BCUT2D eigenvalue weighted by atomic mass is 32.2. The minimum atomic E-state index is 0.0406.